The van der Waals surface area contributed by atoms with Crippen LogP contribution in [0.4, 0.5) is 0 Å². The molecule has 0 saturated carbocycles. The molecule has 0 atom stereocenters. The van der Waals surface area contributed by atoms with Gasteiger partial charge in [-0.05, 0) is 0 Å². The van der Waals surface area contributed by atoms with Gasteiger partial charge in [0.25, 0.3) is 0 Å². The summed E-state index contributed by atoms with van der Waals surface area (Å²) in [4.78, 5) is 10.2. The summed E-state index contributed by atoms with van der Waals surface area (Å²) in [6.45, 7) is 7.08. The van der Waals surface area contributed by atoms with Gasteiger partial charge >= 0.3 is 57.4 Å². The predicted octanol–water partition coefficient (Wildman–Crippen LogP) is -0.447. The monoisotopic (exact) mass is 230 g/mol. The fourth-order valence-electron chi connectivity index (χ4n) is 0.714. The summed E-state index contributed by atoms with van der Waals surface area (Å²) >= 11 is 0. The van der Waals surface area contributed by atoms with Crippen LogP contribution in [-0.4, -0.2) is 11.1 Å². The van der Waals surface area contributed by atoms with Crippen molar-refractivity contribution < 1.29 is 61.3 Å². The van der Waals surface area contributed by atoms with Crippen LogP contribution in [0.2, 0.25) is 0 Å². The van der Waals surface area contributed by atoms with E-state index in [1.54, 1.807) is 24.3 Å². The molecule has 0 aromatic heterocycles. The third kappa shape index (κ3) is 12.3. The summed E-state index contributed by atoms with van der Waals surface area (Å²) in [5.41, 5.74) is 0.811. The maximum absolute atomic E-state index is 10.2. The second-order valence-electron chi connectivity index (χ2n) is 2.69. The third-order valence-electron chi connectivity index (χ3n) is 1.39. The molecule has 0 aliphatic rings. The Morgan fingerprint density at radius 3 is 2.07 bits per heavy atom. The minimum Gasteiger partial charge on any atom is -0.481 e. The average Bonchev–Trinajstić information content (AvgIpc) is 2.19. The van der Waals surface area contributed by atoms with E-state index in [1.807, 2.05) is 0 Å². The number of carboxylic acids is 1. The fourth-order valence-corrected chi connectivity index (χ4v) is 0.714. The van der Waals surface area contributed by atoms with Gasteiger partial charge in [0.15, 0.2) is 0 Å². The molecule has 0 bridgehead atoms. The second kappa shape index (κ2) is 12.4. The Morgan fingerprint density at radius 1 is 1.27 bits per heavy atom. The molecule has 1 aromatic carbocycles. The largest absolute Gasteiger partial charge is 1.00 e. The first-order chi connectivity index (χ1) is 6.70. The van der Waals surface area contributed by atoms with E-state index >= 15 is 0 Å². The normalized spacial score (nSPS) is 8.13. The van der Waals surface area contributed by atoms with Crippen LogP contribution in [0.1, 0.15) is 18.4 Å². The van der Waals surface area contributed by atoms with Gasteiger partial charge in [0.1, 0.15) is 0 Å². The zero-order chi connectivity index (χ0) is 10.8. The minimum atomic E-state index is -0.800. The van der Waals surface area contributed by atoms with Gasteiger partial charge in [-0.3, -0.25) is 4.79 Å². The van der Waals surface area contributed by atoms with Crippen molar-refractivity contribution in [3.05, 3.63) is 49.7 Å². The molecule has 3 heteroatoms. The molecule has 0 saturated heterocycles. The molecule has 15 heavy (non-hydrogen) atoms. The molecule has 0 unspecified atom stereocenters. The van der Waals surface area contributed by atoms with Gasteiger partial charge in [0.05, 0.1) is 0 Å². The zero-order valence-corrected chi connectivity index (χ0v) is 12.3. The minimum absolute atomic E-state index is 0. The molecular formula is C12H15KO2-2. The number of carboxylic acid groups (broad SMARTS) is 1. The first-order valence-corrected chi connectivity index (χ1v) is 4.46. The van der Waals surface area contributed by atoms with E-state index in [1.165, 1.54) is 0 Å². The zero-order valence-electron chi connectivity index (χ0n) is 9.20. The Bertz CT molecular complexity index is 245. The van der Waals surface area contributed by atoms with Gasteiger partial charge in [-0.25, -0.2) is 12.8 Å². The SMILES string of the molecule is O=C(O)Cc1cc[c-]cc1.[CH2-]CC[CH2-].[K+]. The van der Waals surface area contributed by atoms with E-state index < -0.39 is 5.97 Å². The van der Waals surface area contributed by atoms with Crippen LogP contribution in [0.25, 0.3) is 0 Å². The molecule has 2 nitrogen and oxygen atoms in total. The van der Waals surface area contributed by atoms with Crippen LogP contribution >= 0.6 is 0 Å². The predicted molar refractivity (Wildman–Crippen MR) is 56.6 cm³/mol. The smallest absolute Gasteiger partial charge is 0.481 e. The van der Waals surface area contributed by atoms with Crippen molar-refractivity contribution in [3.63, 3.8) is 0 Å². The van der Waals surface area contributed by atoms with E-state index in [2.05, 4.69) is 19.9 Å². The maximum atomic E-state index is 10.2. The molecule has 0 spiro atoms. The topological polar surface area (TPSA) is 37.3 Å². The van der Waals surface area contributed by atoms with Crippen LogP contribution in [0.5, 0.6) is 0 Å². The van der Waals surface area contributed by atoms with Crippen LogP contribution < -0.4 is 51.4 Å². The van der Waals surface area contributed by atoms with Gasteiger partial charge in [0.2, 0.25) is 0 Å². The number of benzene rings is 1. The van der Waals surface area contributed by atoms with Crippen LogP contribution in [0.3, 0.4) is 0 Å². The van der Waals surface area contributed by atoms with Crippen molar-refractivity contribution >= 4 is 5.97 Å². The number of carbonyl (C=O) groups is 1. The van der Waals surface area contributed by atoms with Crippen LogP contribution in [0, 0.1) is 19.9 Å². The number of hydrogen-bond donors (Lipinski definition) is 1. The number of rotatable bonds is 3. The Morgan fingerprint density at radius 2 is 1.73 bits per heavy atom. The van der Waals surface area contributed by atoms with Crippen molar-refractivity contribution in [1.82, 2.24) is 0 Å². The van der Waals surface area contributed by atoms with E-state index in [9.17, 15) is 4.79 Å². The Labute approximate surface area is 135 Å². The molecule has 78 valence electrons. The molecule has 0 aliphatic carbocycles. The third-order valence-corrected chi connectivity index (χ3v) is 1.39. The summed E-state index contributed by atoms with van der Waals surface area (Å²) in [5.74, 6) is -0.800. The summed E-state index contributed by atoms with van der Waals surface area (Å²) in [6, 6.07) is 9.71. The van der Waals surface area contributed by atoms with Crippen molar-refractivity contribution in [2.45, 2.75) is 19.3 Å². The fraction of sp³-hybridized carbons (Fsp3) is 0.250. The molecule has 0 fully saturated rings. The van der Waals surface area contributed by atoms with Gasteiger partial charge in [0, 0.05) is 6.42 Å². The first kappa shape index (κ1) is 17.7. The summed E-state index contributed by atoms with van der Waals surface area (Å²) in [6.07, 6.45) is 2.01. The van der Waals surface area contributed by atoms with E-state index in [-0.39, 0.29) is 57.8 Å². The van der Waals surface area contributed by atoms with Gasteiger partial charge in [-0.2, -0.15) is 30.3 Å². The maximum Gasteiger partial charge on any atom is 1.00 e. The van der Waals surface area contributed by atoms with Crippen molar-refractivity contribution in [2.24, 2.45) is 0 Å². The second-order valence-corrected chi connectivity index (χ2v) is 2.69. The molecule has 0 aliphatic heterocycles. The summed E-state index contributed by atoms with van der Waals surface area (Å²) in [5, 5.41) is 8.36. The molecule has 1 N–H and O–H groups in total. The molecule has 0 radical (unpaired) electrons. The number of hydrogen-bond acceptors (Lipinski definition) is 1. The average molecular weight is 230 g/mol. The Hall–Kier alpha value is 0.326. The standard InChI is InChI=1S/C8H7O2.C4H8.K/c9-8(10)6-7-4-2-1-3-5-7;1-3-4-2;/h2-5H,6H2,(H,9,10);1-4H2;/q-1;-2;+1. The Kier molecular flexibility index (Phi) is 14.6. The molecule has 1 aromatic rings. The van der Waals surface area contributed by atoms with Crippen molar-refractivity contribution in [2.75, 3.05) is 0 Å². The van der Waals surface area contributed by atoms with Crippen molar-refractivity contribution in [3.8, 4) is 0 Å². The summed E-state index contributed by atoms with van der Waals surface area (Å²) in [7, 11) is 0. The first-order valence-electron chi connectivity index (χ1n) is 4.46. The summed E-state index contributed by atoms with van der Waals surface area (Å²) < 4.78 is 0. The van der Waals surface area contributed by atoms with Crippen LogP contribution in [0.15, 0.2) is 24.3 Å². The van der Waals surface area contributed by atoms with Gasteiger partial charge in [-0.1, -0.05) is 0 Å². The van der Waals surface area contributed by atoms with Crippen molar-refractivity contribution in [1.29, 1.82) is 0 Å². The number of aliphatic carboxylic acids is 1. The van der Waals surface area contributed by atoms with Gasteiger partial charge < -0.3 is 19.0 Å². The quantitative estimate of drug-likeness (QED) is 0.564. The van der Waals surface area contributed by atoms with Gasteiger partial charge in [-0.15, -0.1) is 5.56 Å². The molecule has 0 amide bonds. The number of unbranched alkanes of at least 4 members (excludes halogenated alkanes) is 1. The van der Waals surface area contributed by atoms with Crippen LogP contribution in [-0.2, 0) is 11.2 Å². The van der Waals surface area contributed by atoms with E-state index in [4.69, 9.17) is 5.11 Å². The molecular weight excluding hydrogens is 215 g/mol. The Balaban J connectivity index is 0. The molecule has 0 heterocycles. The molecule has 1 rings (SSSR count). The van der Waals surface area contributed by atoms with E-state index in [0.29, 0.717) is 0 Å². The van der Waals surface area contributed by atoms with E-state index in [0.717, 1.165) is 18.4 Å².